The number of carbonyl (C=O) groups excluding carboxylic acids is 1. The van der Waals surface area contributed by atoms with Gasteiger partial charge in [-0.15, -0.1) is 0 Å². The molecule has 152 valence electrons. The number of hydrogen-bond acceptors (Lipinski definition) is 4. The molecule has 1 saturated carbocycles. The first kappa shape index (κ1) is 22.0. The van der Waals surface area contributed by atoms with Crippen molar-refractivity contribution >= 4 is 23.2 Å². The molecule has 2 rings (SSSR count). The molecule has 0 radical (unpaired) electrons. The molecule has 0 aromatic heterocycles. The van der Waals surface area contributed by atoms with Crippen LogP contribution < -0.4 is 10.1 Å². The summed E-state index contributed by atoms with van der Waals surface area (Å²) in [6.07, 6.45) is 4.35. The zero-order valence-electron chi connectivity index (χ0n) is 17.1. The second-order valence-corrected chi connectivity index (χ2v) is 8.47. The van der Waals surface area contributed by atoms with Crippen molar-refractivity contribution in [1.82, 2.24) is 0 Å². The van der Waals surface area contributed by atoms with Crippen LogP contribution in [0.2, 0.25) is 5.02 Å². The molecule has 1 aliphatic carbocycles. The smallest absolute Gasteiger partial charge is 0.256 e. The highest BCUT2D eigenvalue weighted by atomic mass is 35.5. The van der Waals surface area contributed by atoms with E-state index in [2.05, 4.69) is 12.2 Å². The van der Waals surface area contributed by atoms with Gasteiger partial charge in [0.2, 0.25) is 0 Å². The summed E-state index contributed by atoms with van der Waals surface area (Å²) < 4.78 is 16.8. The Hall–Kier alpha value is -1.30. The van der Waals surface area contributed by atoms with E-state index in [1.165, 1.54) is 0 Å². The quantitative estimate of drug-likeness (QED) is 0.665. The van der Waals surface area contributed by atoms with Crippen LogP contribution >= 0.6 is 11.6 Å². The van der Waals surface area contributed by atoms with Crippen molar-refractivity contribution in [2.45, 2.75) is 64.1 Å². The van der Waals surface area contributed by atoms with Gasteiger partial charge in [-0.25, -0.2) is 0 Å². The van der Waals surface area contributed by atoms with Gasteiger partial charge in [0.15, 0.2) is 0 Å². The van der Waals surface area contributed by atoms with Gasteiger partial charge in [-0.1, -0.05) is 24.9 Å². The van der Waals surface area contributed by atoms with Crippen LogP contribution in [0, 0.1) is 5.92 Å². The number of rotatable bonds is 8. The van der Waals surface area contributed by atoms with Crippen molar-refractivity contribution in [3.05, 3.63) is 23.2 Å². The number of hydrogen-bond donors (Lipinski definition) is 1. The minimum absolute atomic E-state index is 0.108. The Balaban J connectivity index is 1.99. The summed E-state index contributed by atoms with van der Waals surface area (Å²) in [5.41, 5.74) is -0.360. The lowest BCUT2D eigenvalue weighted by Gasteiger charge is -2.37. The van der Waals surface area contributed by atoms with Gasteiger partial charge in [-0.05, 0) is 57.2 Å². The highest BCUT2D eigenvalue weighted by Crippen LogP contribution is 2.36. The van der Waals surface area contributed by atoms with E-state index in [4.69, 9.17) is 25.8 Å². The molecule has 5 nitrogen and oxygen atoms in total. The number of methoxy groups -OCH3 is 2. The predicted octanol–water partition coefficient (Wildman–Crippen LogP) is 5.07. The van der Waals surface area contributed by atoms with Gasteiger partial charge in [-0.3, -0.25) is 4.79 Å². The lowest BCUT2D eigenvalue weighted by molar-refractivity contribution is -0.143. The Kier molecular flexibility index (Phi) is 7.55. The number of halogens is 1. The number of benzene rings is 1. The third-order valence-corrected chi connectivity index (χ3v) is 5.76. The van der Waals surface area contributed by atoms with E-state index in [9.17, 15) is 4.79 Å². The molecule has 1 amide bonds. The largest absolute Gasteiger partial charge is 0.492 e. The molecule has 0 spiro atoms. The highest BCUT2D eigenvalue weighted by molar-refractivity contribution is 6.32. The molecule has 0 heterocycles. The fourth-order valence-electron chi connectivity index (χ4n) is 3.44. The SMILES string of the molecule is COC(C)(C)CCOc1ccc(NC(=O)[C@@]2(OC)CCC[C@H](C)C2)cc1Cl. The van der Waals surface area contributed by atoms with Crippen molar-refractivity contribution < 1.29 is 19.0 Å². The number of carbonyl (C=O) groups is 1. The predicted molar refractivity (Wildman–Crippen MR) is 109 cm³/mol. The molecule has 2 atom stereocenters. The van der Waals surface area contributed by atoms with Crippen molar-refractivity contribution in [3.8, 4) is 5.75 Å². The van der Waals surface area contributed by atoms with Crippen LogP contribution in [0.15, 0.2) is 18.2 Å². The van der Waals surface area contributed by atoms with Gasteiger partial charge in [0.1, 0.15) is 11.4 Å². The Morgan fingerprint density at radius 3 is 2.70 bits per heavy atom. The van der Waals surface area contributed by atoms with E-state index in [0.29, 0.717) is 29.0 Å². The van der Waals surface area contributed by atoms with Gasteiger partial charge < -0.3 is 19.5 Å². The Morgan fingerprint density at radius 2 is 2.11 bits per heavy atom. The van der Waals surface area contributed by atoms with Gasteiger partial charge in [0.05, 0.1) is 17.2 Å². The highest BCUT2D eigenvalue weighted by Gasteiger charge is 2.42. The average molecular weight is 398 g/mol. The van der Waals surface area contributed by atoms with Crippen molar-refractivity contribution in [1.29, 1.82) is 0 Å². The maximum atomic E-state index is 12.9. The van der Waals surface area contributed by atoms with E-state index in [-0.39, 0.29) is 11.5 Å². The van der Waals surface area contributed by atoms with Crippen molar-refractivity contribution in [3.63, 3.8) is 0 Å². The number of anilines is 1. The molecular weight excluding hydrogens is 366 g/mol. The summed E-state index contributed by atoms with van der Waals surface area (Å²) in [5, 5.41) is 3.42. The van der Waals surface area contributed by atoms with E-state index in [1.807, 2.05) is 13.8 Å². The van der Waals surface area contributed by atoms with Crippen LogP contribution in [0.1, 0.15) is 52.9 Å². The Morgan fingerprint density at radius 1 is 1.37 bits per heavy atom. The van der Waals surface area contributed by atoms with Crippen molar-refractivity contribution in [2.24, 2.45) is 5.92 Å². The second kappa shape index (κ2) is 9.26. The van der Waals surface area contributed by atoms with Crippen LogP contribution in [0.25, 0.3) is 0 Å². The van der Waals surface area contributed by atoms with Crippen LogP contribution in [-0.2, 0) is 14.3 Å². The molecular formula is C21H32ClNO4. The lowest BCUT2D eigenvalue weighted by atomic mass is 9.78. The first-order valence-electron chi connectivity index (χ1n) is 9.55. The van der Waals surface area contributed by atoms with E-state index >= 15 is 0 Å². The standard InChI is InChI=1S/C21H32ClNO4/c1-15-7-6-10-21(14-15,26-5)19(24)23-16-8-9-18(17(22)13-16)27-12-11-20(2,3)25-4/h8-9,13,15H,6-7,10-12,14H2,1-5H3,(H,23,24)/t15-,21+/m0/s1. The molecule has 27 heavy (non-hydrogen) atoms. The summed E-state index contributed by atoms with van der Waals surface area (Å²) in [6, 6.07) is 5.29. The first-order chi connectivity index (χ1) is 12.7. The molecule has 1 fully saturated rings. The third kappa shape index (κ3) is 5.84. The summed E-state index contributed by atoms with van der Waals surface area (Å²) in [4.78, 5) is 12.9. The van der Waals surface area contributed by atoms with Gasteiger partial charge in [0.25, 0.3) is 5.91 Å². The van der Waals surface area contributed by atoms with Gasteiger partial charge >= 0.3 is 0 Å². The summed E-state index contributed by atoms with van der Waals surface area (Å²) >= 11 is 6.34. The topological polar surface area (TPSA) is 56.8 Å². The van der Waals surface area contributed by atoms with E-state index in [1.54, 1.807) is 32.4 Å². The Bertz CT molecular complexity index is 649. The van der Waals surface area contributed by atoms with Crippen LogP contribution in [0.5, 0.6) is 5.75 Å². The second-order valence-electron chi connectivity index (χ2n) is 8.06. The van der Waals surface area contributed by atoms with Crippen LogP contribution in [0.3, 0.4) is 0 Å². The molecule has 0 unspecified atom stereocenters. The van der Waals surface area contributed by atoms with E-state index in [0.717, 1.165) is 32.1 Å². The molecule has 6 heteroatoms. The summed E-state index contributed by atoms with van der Waals surface area (Å²) in [7, 11) is 3.30. The maximum absolute atomic E-state index is 12.9. The normalized spacial score (nSPS) is 23.1. The average Bonchev–Trinajstić information content (AvgIpc) is 2.63. The summed E-state index contributed by atoms with van der Waals surface area (Å²) in [6.45, 7) is 6.67. The zero-order chi connectivity index (χ0) is 20.1. The van der Waals surface area contributed by atoms with Crippen molar-refractivity contribution in [2.75, 3.05) is 26.1 Å². The van der Waals surface area contributed by atoms with Crippen LogP contribution in [0.4, 0.5) is 5.69 Å². The van der Waals surface area contributed by atoms with Gasteiger partial charge in [0, 0.05) is 26.3 Å². The Labute approximate surface area is 167 Å². The van der Waals surface area contributed by atoms with E-state index < -0.39 is 5.60 Å². The molecule has 1 N–H and O–H groups in total. The fourth-order valence-corrected chi connectivity index (χ4v) is 3.67. The summed E-state index contributed by atoms with van der Waals surface area (Å²) in [5.74, 6) is 0.956. The molecule has 1 aromatic rings. The number of ether oxygens (including phenoxy) is 3. The maximum Gasteiger partial charge on any atom is 0.256 e. The lowest BCUT2D eigenvalue weighted by Crippen LogP contribution is -2.47. The molecule has 0 saturated heterocycles. The van der Waals surface area contributed by atoms with Crippen LogP contribution in [-0.4, -0.2) is 37.9 Å². The third-order valence-electron chi connectivity index (χ3n) is 5.46. The number of nitrogens with one attached hydrogen (secondary N) is 1. The van der Waals surface area contributed by atoms with Gasteiger partial charge in [-0.2, -0.15) is 0 Å². The monoisotopic (exact) mass is 397 g/mol. The number of amides is 1. The zero-order valence-corrected chi connectivity index (χ0v) is 17.8. The minimum atomic E-state index is -0.759. The molecule has 0 aliphatic heterocycles. The molecule has 1 aromatic carbocycles. The fraction of sp³-hybridized carbons (Fsp3) is 0.667. The minimum Gasteiger partial charge on any atom is -0.492 e. The first-order valence-corrected chi connectivity index (χ1v) is 9.93. The molecule has 1 aliphatic rings. The molecule has 0 bridgehead atoms.